The fourth-order valence-corrected chi connectivity index (χ4v) is 3.50. The Balaban J connectivity index is 1.61. The highest BCUT2D eigenvalue weighted by molar-refractivity contribution is 6.04. The number of benzene rings is 1. The number of carbonyl (C=O) groups is 1. The lowest BCUT2D eigenvalue weighted by atomic mass is 10.0. The molecule has 124 valence electrons. The molecule has 3 aromatic rings. The molecule has 24 heavy (non-hydrogen) atoms. The summed E-state index contributed by atoms with van der Waals surface area (Å²) in [6, 6.07) is 7.94. The summed E-state index contributed by atoms with van der Waals surface area (Å²) in [7, 11) is 0. The second-order valence-electron chi connectivity index (χ2n) is 6.51. The summed E-state index contributed by atoms with van der Waals surface area (Å²) in [6.45, 7) is 3.55. The molecule has 4 rings (SSSR count). The van der Waals surface area contributed by atoms with Gasteiger partial charge in [-0.3, -0.25) is 14.6 Å². The molecule has 1 aliphatic heterocycles. The van der Waals surface area contributed by atoms with Gasteiger partial charge in [0, 0.05) is 18.1 Å². The highest BCUT2D eigenvalue weighted by atomic mass is 16.2. The Hall–Kier alpha value is -2.63. The number of nitrogens with zero attached hydrogens (tertiary/aromatic N) is 4. The lowest BCUT2D eigenvalue weighted by molar-refractivity contribution is 0.0580. The Kier molecular flexibility index (Phi) is 3.80. The number of para-hydroxylation sites is 1. The molecule has 1 fully saturated rings. The number of likely N-dealkylation sites (tertiary alicyclic amines) is 1. The molecule has 1 aromatic carbocycles. The summed E-state index contributed by atoms with van der Waals surface area (Å²) in [5, 5.41) is 12.5. The van der Waals surface area contributed by atoms with Gasteiger partial charge in [0.1, 0.15) is 0 Å². The highest BCUT2D eigenvalue weighted by Gasteiger charge is 2.30. The molecule has 0 aliphatic carbocycles. The average Bonchev–Trinajstić information content (AvgIpc) is 3.21. The van der Waals surface area contributed by atoms with Crippen LogP contribution in [0.2, 0.25) is 0 Å². The van der Waals surface area contributed by atoms with Crippen LogP contribution in [0.25, 0.3) is 10.9 Å². The van der Waals surface area contributed by atoms with Crippen LogP contribution in [0.1, 0.15) is 35.3 Å². The zero-order valence-corrected chi connectivity index (χ0v) is 13.8. The molecule has 6 nitrogen and oxygen atoms in total. The maximum Gasteiger partial charge on any atom is 0.275 e. The first-order valence-corrected chi connectivity index (χ1v) is 8.45. The van der Waals surface area contributed by atoms with Crippen molar-refractivity contribution in [2.45, 2.75) is 38.8 Å². The molecule has 1 amide bonds. The van der Waals surface area contributed by atoms with E-state index >= 15 is 0 Å². The number of hydrogen-bond donors (Lipinski definition) is 1. The smallest absolute Gasteiger partial charge is 0.275 e. The number of aromatic amines is 1. The van der Waals surface area contributed by atoms with Gasteiger partial charge in [0.2, 0.25) is 0 Å². The third kappa shape index (κ3) is 2.68. The second-order valence-corrected chi connectivity index (χ2v) is 6.51. The van der Waals surface area contributed by atoms with Crippen molar-refractivity contribution < 1.29 is 4.79 Å². The molecule has 0 spiro atoms. The summed E-state index contributed by atoms with van der Waals surface area (Å²) < 4.78 is 1.94. The number of amides is 1. The second kappa shape index (κ2) is 6.11. The van der Waals surface area contributed by atoms with Crippen molar-refractivity contribution in [3.05, 3.63) is 47.9 Å². The van der Waals surface area contributed by atoms with Gasteiger partial charge in [-0.1, -0.05) is 18.2 Å². The number of H-pyrrole nitrogens is 1. The normalized spacial score (nSPS) is 18.2. The van der Waals surface area contributed by atoms with Gasteiger partial charge in [-0.2, -0.15) is 10.2 Å². The quantitative estimate of drug-likeness (QED) is 0.806. The average molecular weight is 323 g/mol. The largest absolute Gasteiger partial charge is 0.332 e. The lowest BCUT2D eigenvalue weighted by Crippen LogP contribution is -2.46. The molecule has 1 N–H and O–H groups in total. The molecule has 1 aliphatic rings. The van der Waals surface area contributed by atoms with Crippen molar-refractivity contribution >= 4 is 16.8 Å². The van der Waals surface area contributed by atoms with Crippen molar-refractivity contribution in [1.82, 2.24) is 24.9 Å². The molecule has 2 aromatic heterocycles. The third-order valence-corrected chi connectivity index (χ3v) is 4.72. The van der Waals surface area contributed by atoms with Crippen LogP contribution in [-0.2, 0) is 6.54 Å². The molecule has 0 unspecified atom stereocenters. The van der Waals surface area contributed by atoms with Crippen LogP contribution in [0.4, 0.5) is 0 Å². The third-order valence-electron chi connectivity index (χ3n) is 4.72. The molecule has 3 heterocycles. The topological polar surface area (TPSA) is 66.8 Å². The zero-order chi connectivity index (χ0) is 16.5. The van der Waals surface area contributed by atoms with Gasteiger partial charge in [-0.05, 0) is 37.8 Å². The Bertz CT molecular complexity index is 865. The van der Waals surface area contributed by atoms with Crippen molar-refractivity contribution in [3.63, 3.8) is 0 Å². The van der Waals surface area contributed by atoms with Crippen molar-refractivity contribution in [2.24, 2.45) is 0 Å². The number of hydrogen-bond acceptors (Lipinski definition) is 3. The van der Waals surface area contributed by atoms with Crippen molar-refractivity contribution in [2.75, 3.05) is 6.54 Å². The summed E-state index contributed by atoms with van der Waals surface area (Å²) in [6.07, 6.45) is 7.09. The van der Waals surface area contributed by atoms with Gasteiger partial charge in [-0.25, -0.2) is 0 Å². The van der Waals surface area contributed by atoms with Crippen LogP contribution in [0.3, 0.4) is 0 Å². The minimum atomic E-state index is 0.0148. The number of fused-ring (bicyclic) bond motifs is 1. The summed E-state index contributed by atoms with van der Waals surface area (Å²) in [5.41, 5.74) is 2.56. The van der Waals surface area contributed by atoms with Crippen LogP contribution in [-0.4, -0.2) is 43.4 Å². The molecule has 0 bridgehead atoms. The zero-order valence-electron chi connectivity index (χ0n) is 13.8. The molecular weight excluding hydrogens is 302 g/mol. The van der Waals surface area contributed by atoms with E-state index < -0.39 is 0 Å². The van der Waals surface area contributed by atoms with Crippen molar-refractivity contribution in [1.29, 1.82) is 0 Å². The number of nitrogens with one attached hydrogen (secondary N) is 1. The molecule has 0 saturated carbocycles. The van der Waals surface area contributed by atoms with Gasteiger partial charge >= 0.3 is 0 Å². The standard InChI is InChI=1S/C18H21N5O/c1-13-10-19-22(11-13)12-14-6-4-5-9-23(14)18(24)17-15-7-2-3-8-16(15)20-21-17/h2-3,7-8,10-11,14H,4-6,9,12H2,1H3,(H,20,21)/t14-/m1/s1. The SMILES string of the molecule is Cc1cnn(C[C@H]2CCCCN2C(=O)c2n[nH]c3ccccc23)c1. The van der Waals surface area contributed by atoms with Gasteiger partial charge in [0.25, 0.3) is 5.91 Å². The lowest BCUT2D eigenvalue weighted by Gasteiger charge is -2.35. The van der Waals surface area contributed by atoms with E-state index in [4.69, 9.17) is 0 Å². The number of carbonyl (C=O) groups excluding carboxylic acids is 1. The van der Waals surface area contributed by atoms with Crippen LogP contribution in [0, 0.1) is 6.92 Å². The minimum absolute atomic E-state index is 0.0148. The number of rotatable bonds is 3. The maximum absolute atomic E-state index is 13.1. The predicted molar refractivity (Wildman–Crippen MR) is 91.7 cm³/mol. The molecule has 1 saturated heterocycles. The Morgan fingerprint density at radius 2 is 2.21 bits per heavy atom. The Morgan fingerprint density at radius 1 is 1.33 bits per heavy atom. The van der Waals surface area contributed by atoms with Gasteiger partial charge in [0.15, 0.2) is 5.69 Å². The molecule has 6 heteroatoms. The van der Waals surface area contributed by atoms with E-state index in [1.165, 1.54) is 0 Å². The molecule has 1 atom stereocenters. The van der Waals surface area contributed by atoms with Crippen LogP contribution < -0.4 is 0 Å². The van der Waals surface area contributed by atoms with E-state index in [1.54, 1.807) is 0 Å². The molecular formula is C18H21N5O. The van der Waals surface area contributed by atoms with E-state index in [0.717, 1.165) is 48.8 Å². The minimum Gasteiger partial charge on any atom is -0.332 e. The van der Waals surface area contributed by atoms with E-state index in [1.807, 2.05) is 53.2 Å². The van der Waals surface area contributed by atoms with Gasteiger partial charge in [0.05, 0.1) is 24.3 Å². The maximum atomic E-state index is 13.1. The van der Waals surface area contributed by atoms with Gasteiger partial charge in [-0.15, -0.1) is 0 Å². The fourth-order valence-electron chi connectivity index (χ4n) is 3.50. The number of piperidine rings is 1. The van der Waals surface area contributed by atoms with Crippen LogP contribution in [0.5, 0.6) is 0 Å². The molecule has 0 radical (unpaired) electrons. The number of aryl methyl sites for hydroxylation is 1. The summed E-state index contributed by atoms with van der Waals surface area (Å²) in [5.74, 6) is 0.0148. The van der Waals surface area contributed by atoms with Crippen LogP contribution in [0.15, 0.2) is 36.7 Å². The monoisotopic (exact) mass is 323 g/mol. The van der Waals surface area contributed by atoms with Crippen LogP contribution >= 0.6 is 0 Å². The first-order valence-electron chi connectivity index (χ1n) is 8.45. The first kappa shape index (κ1) is 14.9. The summed E-state index contributed by atoms with van der Waals surface area (Å²) in [4.78, 5) is 15.1. The predicted octanol–water partition coefficient (Wildman–Crippen LogP) is 2.76. The van der Waals surface area contributed by atoms with E-state index in [2.05, 4.69) is 15.3 Å². The fraction of sp³-hybridized carbons (Fsp3) is 0.389. The van der Waals surface area contributed by atoms with E-state index in [9.17, 15) is 4.79 Å². The van der Waals surface area contributed by atoms with E-state index in [-0.39, 0.29) is 11.9 Å². The summed E-state index contributed by atoms with van der Waals surface area (Å²) >= 11 is 0. The number of aromatic nitrogens is 4. The Labute approximate surface area is 140 Å². The van der Waals surface area contributed by atoms with Crippen molar-refractivity contribution in [3.8, 4) is 0 Å². The Morgan fingerprint density at radius 3 is 3.04 bits per heavy atom. The van der Waals surface area contributed by atoms with E-state index in [0.29, 0.717) is 5.69 Å². The first-order chi connectivity index (χ1) is 11.7. The highest BCUT2D eigenvalue weighted by Crippen LogP contribution is 2.23. The van der Waals surface area contributed by atoms with Gasteiger partial charge < -0.3 is 4.90 Å².